The van der Waals surface area contributed by atoms with Gasteiger partial charge in [-0.15, -0.1) is 5.10 Å². The Kier molecular flexibility index (Phi) is 5.92. The largest absolute Gasteiger partial charge is 0.484 e. The number of rotatable bonds is 6. The minimum atomic E-state index is -0.344. The fourth-order valence-corrected chi connectivity index (χ4v) is 2.86. The molecule has 0 aliphatic carbocycles. The summed E-state index contributed by atoms with van der Waals surface area (Å²) < 4.78 is 12.2. The molecule has 0 aliphatic rings. The summed E-state index contributed by atoms with van der Waals surface area (Å²) in [4.78, 5) is 12.2. The Morgan fingerprint density at radius 1 is 1.19 bits per heavy atom. The molecule has 0 atom stereocenters. The van der Waals surface area contributed by atoms with Crippen molar-refractivity contribution in [1.82, 2.24) is 9.78 Å². The predicted molar refractivity (Wildman–Crippen MR) is 101 cm³/mol. The van der Waals surface area contributed by atoms with E-state index in [0.717, 1.165) is 0 Å². The van der Waals surface area contributed by atoms with Crippen LogP contribution in [-0.4, -0.2) is 15.7 Å². The second kappa shape index (κ2) is 8.35. The summed E-state index contributed by atoms with van der Waals surface area (Å²) in [6.07, 6.45) is 0. The minimum absolute atomic E-state index is 0.0796. The average molecular weight is 410 g/mol. The van der Waals surface area contributed by atoms with E-state index in [0.29, 0.717) is 21.5 Å². The number of amides is 1. The van der Waals surface area contributed by atoms with Crippen molar-refractivity contribution >= 4 is 47.0 Å². The molecule has 9 heteroatoms. The van der Waals surface area contributed by atoms with Gasteiger partial charge < -0.3 is 14.5 Å². The molecule has 0 spiro atoms. The molecule has 1 heterocycles. The fraction of sp³-hybridized carbons (Fsp3) is 0.118. The molecule has 3 rings (SSSR count). The second-order valence-electron chi connectivity index (χ2n) is 5.23. The SMILES string of the molecule is O=C(Cn1nc(COc2ccccc2)oc1=S)Nc1cc(Cl)cc(Cl)c1. The summed E-state index contributed by atoms with van der Waals surface area (Å²) in [5, 5.41) is 7.67. The van der Waals surface area contributed by atoms with Gasteiger partial charge in [0.05, 0.1) is 0 Å². The Balaban J connectivity index is 1.61. The van der Waals surface area contributed by atoms with Crippen LogP contribution in [0.2, 0.25) is 10.0 Å². The highest BCUT2D eigenvalue weighted by Crippen LogP contribution is 2.22. The first kappa shape index (κ1) is 18.4. The number of nitrogens with one attached hydrogen (secondary N) is 1. The molecule has 3 aromatic rings. The van der Waals surface area contributed by atoms with Crippen LogP contribution in [0.4, 0.5) is 5.69 Å². The number of carbonyl (C=O) groups excluding carboxylic acids is 1. The van der Waals surface area contributed by atoms with E-state index in [4.69, 9.17) is 44.6 Å². The number of anilines is 1. The van der Waals surface area contributed by atoms with Gasteiger partial charge in [-0.05, 0) is 42.5 Å². The zero-order valence-corrected chi connectivity index (χ0v) is 15.6. The molecular formula is C17H13Cl2N3O3S. The van der Waals surface area contributed by atoms with E-state index in [1.165, 1.54) is 4.68 Å². The van der Waals surface area contributed by atoms with Gasteiger partial charge in [0.2, 0.25) is 5.91 Å². The number of ether oxygens (including phenoxy) is 1. The molecule has 0 bridgehead atoms. The summed E-state index contributed by atoms with van der Waals surface area (Å²) in [6, 6.07) is 14.0. The van der Waals surface area contributed by atoms with Crippen LogP contribution >= 0.6 is 35.4 Å². The topological polar surface area (TPSA) is 69.3 Å². The Labute approximate surface area is 164 Å². The summed E-state index contributed by atoms with van der Waals surface area (Å²) in [5.41, 5.74) is 0.482. The number of hydrogen-bond acceptors (Lipinski definition) is 5. The fourth-order valence-electron chi connectivity index (χ4n) is 2.13. The van der Waals surface area contributed by atoms with Crippen molar-refractivity contribution in [2.45, 2.75) is 13.2 Å². The third kappa shape index (κ3) is 5.08. The van der Waals surface area contributed by atoms with Gasteiger partial charge in [0.1, 0.15) is 12.3 Å². The van der Waals surface area contributed by atoms with E-state index >= 15 is 0 Å². The number of benzene rings is 2. The van der Waals surface area contributed by atoms with Crippen LogP contribution in [0.5, 0.6) is 5.75 Å². The number of halogens is 2. The molecule has 134 valence electrons. The Bertz CT molecular complexity index is 953. The summed E-state index contributed by atoms with van der Waals surface area (Å²) >= 11 is 16.9. The molecule has 0 unspecified atom stereocenters. The van der Waals surface area contributed by atoms with E-state index in [-0.39, 0.29) is 29.8 Å². The van der Waals surface area contributed by atoms with Gasteiger partial charge in [-0.2, -0.15) is 0 Å². The molecule has 1 N–H and O–H groups in total. The highest BCUT2D eigenvalue weighted by Gasteiger charge is 2.11. The quantitative estimate of drug-likeness (QED) is 0.595. The Hall–Kier alpha value is -2.35. The van der Waals surface area contributed by atoms with Gasteiger partial charge in [0.15, 0.2) is 6.61 Å². The van der Waals surface area contributed by atoms with Gasteiger partial charge >= 0.3 is 0 Å². The summed E-state index contributed by atoms with van der Waals surface area (Å²) in [6.45, 7) is -0.00994. The van der Waals surface area contributed by atoms with Gasteiger partial charge in [0.25, 0.3) is 10.7 Å². The van der Waals surface area contributed by atoms with Crippen LogP contribution in [-0.2, 0) is 17.9 Å². The zero-order chi connectivity index (χ0) is 18.5. The van der Waals surface area contributed by atoms with Crippen LogP contribution < -0.4 is 10.1 Å². The van der Waals surface area contributed by atoms with Crippen molar-refractivity contribution in [2.75, 3.05) is 5.32 Å². The van der Waals surface area contributed by atoms with Gasteiger partial charge in [-0.3, -0.25) is 4.79 Å². The number of para-hydroxylation sites is 1. The molecule has 1 amide bonds. The predicted octanol–water partition coefficient (Wildman–Crippen LogP) is 4.73. The molecule has 0 aliphatic heterocycles. The highest BCUT2D eigenvalue weighted by atomic mass is 35.5. The number of hydrogen-bond donors (Lipinski definition) is 1. The molecule has 2 aromatic carbocycles. The Morgan fingerprint density at radius 2 is 1.88 bits per heavy atom. The summed E-state index contributed by atoms with van der Waals surface area (Å²) in [5.74, 6) is 0.611. The molecule has 1 aromatic heterocycles. The third-order valence-electron chi connectivity index (χ3n) is 3.19. The number of nitrogens with zero attached hydrogens (tertiary/aromatic N) is 2. The van der Waals surface area contributed by atoms with Crippen molar-refractivity contribution in [3.05, 3.63) is 69.3 Å². The van der Waals surface area contributed by atoms with Gasteiger partial charge in [0, 0.05) is 15.7 Å². The van der Waals surface area contributed by atoms with E-state index in [2.05, 4.69) is 10.4 Å². The van der Waals surface area contributed by atoms with Gasteiger partial charge in [-0.1, -0.05) is 41.4 Å². The van der Waals surface area contributed by atoms with Crippen molar-refractivity contribution in [3.8, 4) is 5.75 Å². The monoisotopic (exact) mass is 409 g/mol. The van der Waals surface area contributed by atoms with E-state index in [1.54, 1.807) is 18.2 Å². The molecule has 0 fully saturated rings. The number of aromatic nitrogens is 2. The summed E-state index contributed by atoms with van der Waals surface area (Å²) in [7, 11) is 0. The first-order valence-corrected chi connectivity index (χ1v) is 8.66. The highest BCUT2D eigenvalue weighted by molar-refractivity contribution is 7.71. The Morgan fingerprint density at radius 3 is 2.58 bits per heavy atom. The lowest BCUT2D eigenvalue weighted by molar-refractivity contribution is -0.117. The standard InChI is InChI=1S/C17H13Cl2N3O3S/c18-11-6-12(19)8-13(7-11)20-15(23)9-22-17(26)25-16(21-22)10-24-14-4-2-1-3-5-14/h1-8H,9-10H2,(H,20,23). The zero-order valence-electron chi connectivity index (χ0n) is 13.3. The lowest BCUT2D eigenvalue weighted by Crippen LogP contribution is -2.19. The second-order valence-corrected chi connectivity index (χ2v) is 6.45. The normalized spacial score (nSPS) is 10.5. The van der Waals surface area contributed by atoms with Crippen molar-refractivity contribution in [3.63, 3.8) is 0 Å². The van der Waals surface area contributed by atoms with Crippen LogP contribution in [0.15, 0.2) is 52.9 Å². The smallest absolute Gasteiger partial charge is 0.287 e. The van der Waals surface area contributed by atoms with Crippen LogP contribution in [0.3, 0.4) is 0 Å². The number of carbonyl (C=O) groups is 1. The van der Waals surface area contributed by atoms with Crippen molar-refractivity contribution in [2.24, 2.45) is 0 Å². The van der Waals surface area contributed by atoms with Crippen LogP contribution in [0, 0.1) is 4.84 Å². The molecular weight excluding hydrogens is 397 g/mol. The molecule has 6 nitrogen and oxygen atoms in total. The van der Waals surface area contributed by atoms with E-state index < -0.39 is 0 Å². The lowest BCUT2D eigenvalue weighted by Gasteiger charge is -2.06. The van der Waals surface area contributed by atoms with Crippen LogP contribution in [0.25, 0.3) is 0 Å². The third-order valence-corrected chi connectivity index (χ3v) is 3.92. The maximum absolute atomic E-state index is 12.2. The molecule has 0 radical (unpaired) electrons. The maximum Gasteiger partial charge on any atom is 0.287 e. The van der Waals surface area contributed by atoms with Crippen molar-refractivity contribution in [1.29, 1.82) is 0 Å². The molecule has 0 saturated heterocycles. The van der Waals surface area contributed by atoms with Crippen molar-refractivity contribution < 1.29 is 13.9 Å². The lowest BCUT2D eigenvalue weighted by atomic mass is 10.3. The molecule has 26 heavy (non-hydrogen) atoms. The molecule has 0 saturated carbocycles. The average Bonchev–Trinajstić information content (AvgIpc) is 2.92. The first-order valence-electron chi connectivity index (χ1n) is 7.50. The van der Waals surface area contributed by atoms with Gasteiger partial charge in [-0.25, -0.2) is 4.68 Å². The van der Waals surface area contributed by atoms with Crippen LogP contribution in [0.1, 0.15) is 5.89 Å². The van der Waals surface area contributed by atoms with E-state index in [1.807, 2.05) is 30.3 Å². The maximum atomic E-state index is 12.2. The van der Waals surface area contributed by atoms with E-state index in [9.17, 15) is 4.79 Å². The minimum Gasteiger partial charge on any atom is -0.484 e. The first-order chi connectivity index (χ1) is 12.5.